The fourth-order valence-corrected chi connectivity index (χ4v) is 6.11. The lowest BCUT2D eigenvalue weighted by atomic mass is 10.2. The number of amides is 1. The van der Waals surface area contributed by atoms with E-state index in [1.54, 1.807) is 30.4 Å². The van der Waals surface area contributed by atoms with E-state index in [1.807, 2.05) is 19.1 Å². The van der Waals surface area contributed by atoms with Crippen molar-refractivity contribution in [1.29, 1.82) is 0 Å². The number of hydrogen-bond donors (Lipinski definition) is 1. The number of halogens is 1. The SMILES string of the molecule is CCS(=O)(=O)c1cccc(C(=O)NCCN2CCN(c3nc4c(C)ccc(Cl)c4s3)CC2)c1. The molecule has 1 aliphatic rings. The average Bonchev–Trinajstić information content (AvgIpc) is 3.29. The zero-order valence-corrected chi connectivity index (χ0v) is 21.1. The first-order chi connectivity index (χ1) is 15.8. The second-order valence-electron chi connectivity index (χ2n) is 8.05. The Morgan fingerprint density at radius 3 is 2.64 bits per heavy atom. The second-order valence-corrected chi connectivity index (χ2v) is 11.7. The van der Waals surface area contributed by atoms with Crippen LogP contribution >= 0.6 is 22.9 Å². The smallest absolute Gasteiger partial charge is 0.251 e. The first kappa shape index (κ1) is 23.9. The first-order valence-electron chi connectivity index (χ1n) is 10.9. The Balaban J connectivity index is 1.28. The molecule has 7 nitrogen and oxygen atoms in total. The van der Waals surface area contributed by atoms with Gasteiger partial charge in [0.05, 0.1) is 25.9 Å². The van der Waals surface area contributed by atoms with E-state index in [0.29, 0.717) is 12.1 Å². The summed E-state index contributed by atoms with van der Waals surface area (Å²) in [6, 6.07) is 10.1. The van der Waals surface area contributed by atoms with E-state index in [4.69, 9.17) is 16.6 Å². The molecule has 1 fully saturated rings. The Kier molecular flexibility index (Phi) is 7.23. The van der Waals surface area contributed by atoms with Crippen molar-refractivity contribution in [2.45, 2.75) is 18.7 Å². The Morgan fingerprint density at radius 2 is 1.94 bits per heavy atom. The highest BCUT2D eigenvalue weighted by molar-refractivity contribution is 7.91. The van der Waals surface area contributed by atoms with Crippen LogP contribution in [0.1, 0.15) is 22.8 Å². The third-order valence-corrected chi connectivity index (χ3v) is 9.19. The molecule has 176 valence electrons. The van der Waals surface area contributed by atoms with Crippen LogP contribution in [0.5, 0.6) is 0 Å². The van der Waals surface area contributed by atoms with E-state index in [1.165, 1.54) is 12.1 Å². The van der Waals surface area contributed by atoms with Crippen molar-refractivity contribution >= 4 is 54.0 Å². The minimum Gasteiger partial charge on any atom is -0.351 e. The van der Waals surface area contributed by atoms with Crippen LogP contribution in [0.25, 0.3) is 10.2 Å². The molecule has 0 atom stereocenters. The van der Waals surface area contributed by atoms with Crippen LogP contribution in [0.4, 0.5) is 5.13 Å². The standard InChI is InChI=1S/C23H27ClN4O3S2/c1-3-33(30,31)18-6-4-5-17(15-18)22(29)25-9-10-27-11-13-28(14-12-27)23-26-20-16(2)7-8-19(24)21(20)32-23/h4-8,15H,3,9-14H2,1-2H3,(H,25,29). The third-order valence-electron chi connectivity index (χ3n) is 5.88. The zero-order valence-electron chi connectivity index (χ0n) is 18.7. The molecule has 33 heavy (non-hydrogen) atoms. The van der Waals surface area contributed by atoms with E-state index >= 15 is 0 Å². The maximum absolute atomic E-state index is 12.5. The van der Waals surface area contributed by atoms with Gasteiger partial charge in [-0.05, 0) is 36.8 Å². The van der Waals surface area contributed by atoms with Crippen molar-refractivity contribution in [2.24, 2.45) is 0 Å². The van der Waals surface area contributed by atoms with Crippen molar-refractivity contribution in [3.05, 3.63) is 52.5 Å². The molecular formula is C23H27ClN4O3S2. The van der Waals surface area contributed by atoms with Crippen LogP contribution in [0.15, 0.2) is 41.3 Å². The predicted octanol–water partition coefficient (Wildman–Crippen LogP) is 3.60. The normalized spacial score (nSPS) is 15.2. The van der Waals surface area contributed by atoms with Crippen molar-refractivity contribution in [3.8, 4) is 0 Å². The molecule has 1 amide bonds. The fraction of sp³-hybridized carbons (Fsp3) is 0.391. The number of piperazine rings is 1. The number of fused-ring (bicyclic) bond motifs is 1. The van der Waals surface area contributed by atoms with Crippen molar-refractivity contribution in [2.75, 3.05) is 49.9 Å². The minimum absolute atomic E-state index is 0.00765. The number of thiazole rings is 1. The minimum atomic E-state index is -3.34. The van der Waals surface area contributed by atoms with E-state index in [-0.39, 0.29) is 16.6 Å². The van der Waals surface area contributed by atoms with Gasteiger partial charge in [-0.3, -0.25) is 9.69 Å². The molecule has 10 heteroatoms. The molecule has 2 aromatic carbocycles. The van der Waals surface area contributed by atoms with E-state index in [2.05, 4.69) is 15.1 Å². The first-order valence-corrected chi connectivity index (χ1v) is 13.8. The van der Waals surface area contributed by atoms with Crippen molar-refractivity contribution < 1.29 is 13.2 Å². The summed E-state index contributed by atoms with van der Waals surface area (Å²) in [6.07, 6.45) is 0. The predicted molar refractivity (Wildman–Crippen MR) is 135 cm³/mol. The summed E-state index contributed by atoms with van der Waals surface area (Å²) in [7, 11) is -3.34. The lowest BCUT2D eigenvalue weighted by Gasteiger charge is -2.34. The Bertz CT molecular complexity index is 1230. The number of aromatic nitrogens is 1. The number of aryl methyl sites for hydroxylation is 1. The molecule has 4 rings (SSSR count). The number of benzene rings is 2. The molecule has 0 aliphatic carbocycles. The van der Waals surface area contributed by atoms with Crippen molar-refractivity contribution in [3.63, 3.8) is 0 Å². The van der Waals surface area contributed by atoms with Crippen molar-refractivity contribution in [1.82, 2.24) is 15.2 Å². The van der Waals surface area contributed by atoms with Gasteiger partial charge in [0.15, 0.2) is 15.0 Å². The molecule has 0 bridgehead atoms. The summed E-state index contributed by atoms with van der Waals surface area (Å²) >= 11 is 7.98. The van der Waals surface area contributed by atoms with Gasteiger partial charge in [-0.25, -0.2) is 13.4 Å². The largest absolute Gasteiger partial charge is 0.351 e. The molecule has 2 heterocycles. The number of hydrogen-bond acceptors (Lipinski definition) is 7. The molecule has 1 saturated heterocycles. The number of carbonyl (C=O) groups excluding carboxylic acids is 1. The summed E-state index contributed by atoms with van der Waals surface area (Å²) in [4.78, 5) is 22.1. The zero-order chi connectivity index (χ0) is 23.6. The lowest BCUT2D eigenvalue weighted by Crippen LogP contribution is -2.48. The molecule has 1 N–H and O–H groups in total. The summed E-state index contributed by atoms with van der Waals surface area (Å²) in [5.74, 6) is -0.253. The topological polar surface area (TPSA) is 82.6 Å². The Hall–Kier alpha value is -2.20. The third kappa shape index (κ3) is 5.32. The molecule has 3 aromatic rings. The number of anilines is 1. The van der Waals surface area contributed by atoms with E-state index in [9.17, 15) is 13.2 Å². The van der Waals surface area contributed by atoms with Gasteiger partial charge in [0, 0.05) is 44.8 Å². The quantitative estimate of drug-likeness (QED) is 0.527. The molecular weight excluding hydrogens is 480 g/mol. The monoisotopic (exact) mass is 506 g/mol. The summed E-state index contributed by atoms with van der Waals surface area (Å²) in [5.41, 5.74) is 2.46. The van der Waals surface area contributed by atoms with Crippen LogP contribution in [0, 0.1) is 6.92 Å². The number of sulfone groups is 1. The number of rotatable bonds is 7. The molecule has 0 unspecified atom stereocenters. The second kappa shape index (κ2) is 9.97. The Labute approximate surface area is 203 Å². The van der Waals surface area contributed by atoms with Gasteiger partial charge >= 0.3 is 0 Å². The lowest BCUT2D eigenvalue weighted by molar-refractivity contribution is 0.0947. The van der Waals surface area contributed by atoms with Crippen LogP contribution in [-0.4, -0.2) is 69.2 Å². The molecule has 1 aliphatic heterocycles. The van der Waals surface area contributed by atoms with Crippen LogP contribution in [0.3, 0.4) is 0 Å². The number of carbonyl (C=O) groups is 1. The molecule has 0 spiro atoms. The van der Waals surface area contributed by atoms with Gasteiger partial charge in [-0.2, -0.15) is 0 Å². The molecule has 1 aromatic heterocycles. The highest BCUT2D eigenvalue weighted by atomic mass is 35.5. The van der Waals surface area contributed by atoms with Gasteiger partial charge < -0.3 is 10.2 Å². The van der Waals surface area contributed by atoms with E-state index in [0.717, 1.165) is 58.7 Å². The summed E-state index contributed by atoms with van der Waals surface area (Å²) < 4.78 is 25.1. The van der Waals surface area contributed by atoms with Gasteiger partial charge in [-0.15, -0.1) is 0 Å². The highest BCUT2D eigenvalue weighted by Gasteiger charge is 2.21. The Morgan fingerprint density at radius 1 is 1.18 bits per heavy atom. The maximum Gasteiger partial charge on any atom is 0.251 e. The van der Waals surface area contributed by atoms with Gasteiger partial charge in [0.2, 0.25) is 0 Å². The fourth-order valence-electron chi connectivity index (χ4n) is 3.82. The van der Waals surface area contributed by atoms with Crippen LogP contribution in [0.2, 0.25) is 5.02 Å². The van der Waals surface area contributed by atoms with Crippen LogP contribution in [-0.2, 0) is 9.84 Å². The number of nitrogens with zero attached hydrogens (tertiary/aromatic N) is 3. The summed E-state index contributed by atoms with van der Waals surface area (Å²) in [5, 5.41) is 4.64. The van der Waals surface area contributed by atoms with Gasteiger partial charge in [0.25, 0.3) is 5.91 Å². The number of nitrogens with one attached hydrogen (secondary N) is 1. The van der Waals surface area contributed by atoms with Gasteiger partial charge in [0.1, 0.15) is 0 Å². The molecule has 0 saturated carbocycles. The van der Waals surface area contributed by atoms with Gasteiger partial charge in [-0.1, -0.05) is 42.0 Å². The van der Waals surface area contributed by atoms with Crippen LogP contribution < -0.4 is 10.2 Å². The average molecular weight is 507 g/mol. The highest BCUT2D eigenvalue weighted by Crippen LogP contribution is 2.35. The van der Waals surface area contributed by atoms with E-state index < -0.39 is 9.84 Å². The summed E-state index contributed by atoms with van der Waals surface area (Å²) in [6.45, 7) is 8.35. The molecule has 0 radical (unpaired) electrons. The maximum atomic E-state index is 12.5.